The van der Waals surface area contributed by atoms with Crippen molar-refractivity contribution < 1.29 is 27.6 Å². The molecule has 0 aliphatic carbocycles. The van der Waals surface area contributed by atoms with Gasteiger partial charge in [-0.3, -0.25) is 14.9 Å². The van der Waals surface area contributed by atoms with Crippen LogP contribution in [0, 0.1) is 10.1 Å². The molecule has 0 unspecified atom stereocenters. The molecule has 0 spiro atoms. The Hall–Kier alpha value is -3.96. The van der Waals surface area contributed by atoms with Gasteiger partial charge in [0.15, 0.2) is 6.61 Å². The van der Waals surface area contributed by atoms with Crippen LogP contribution in [0.4, 0.5) is 11.4 Å². The van der Waals surface area contributed by atoms with E-state index < -0.39 is 27.5 Å². The maximum Gasteiger partial charge on any atom is 0.270 e. The summed E-state index contributed by atoms with van der Waals surface area (Å²) in [5, 5.41) is 13.8. The molecule has 0 heterocycles. The molecule has 0 aromatic heterocycles. The largest absolute Gasteiger partial charge is 0.497 e. The lowest BCUT2D eigenvalue weighted by Crippen LogP contribution is -2.23. The van der Waals surface area contributed by atoms with Crippen LogP contribution in [-0.4, -0.2) is 51.4 Å². The second-order valence-electron chi connectivity index (χ2n) is 7.32. The number of carbonyl (C=O) groups excluding carboxylic acids is 1. The Kier molecular flexibility index (Phi) is 7.49. The third kappa shape index (κ3) is 5.69. The molecule has 1 N–H and O–H groups in total. The Morgan fingerprint density at radius 3 is 2.38 bits per heavy atom. The summed E-state index contributed by atoms with van der Waals surface area (Å²) in [4.78, 5) is 23.2. The second kappa shape index (κ2) is 10.3. The first kappa shape index (κ1) is 24.7. The number of nitro groups is 1. The summed E-state index contributed by atoms with van der Waals surface area (Å²) < 4.78 is 36.5. The van der Waals surface area contributed by atoms with Gasteiger partial charge in [-0.2, -0.15) is 0 Å². The third-order valence-electron chi connectivity index (χ3n) is 4.83. The Labute approximate surface area is 196 Å². The number of methoxy groups -OCH3 is 1. The molecule has 3 rings (SSSR count). The number of nitrogens with one attached hydrogen (secondary N) is 1. The number of nitro benzene ring substituents is 1. The average molecular weight is 486 g/mol. The average Bonchev–Trinajstić information content (AvgIpc) is 2.82. The van der Waals surface area contributed by atoms with E-state index in [0.29, 0.717) is 16.9 Å². The zero-order valence-corrected chi connectivity index (χ0v) is 19.5. The lowest BCUT2D eigenvalue weighted by molar-refractivity contribution is -0.384. The van der Waals surface area contributed by atoms with Gasteiger partial charge in [-0.1, -0.05) is 18.2 Å². The summed E-state index contributed by atoms with van der Waals surface area (Å²) in [6, 6.07) is 16.8. The first-order chi connectivity index (χ1) is 16.1. The maximum atomic E-state index is 12.5. The number of non-ortho nitro benzene ring substituents is 1. The number of rotatable bonds is 9. The highest BCUT2D eigenvalue weighted by Gasteiger charge is 2.18. The smallest absolute Gasteiger partial charge is 0.270 e. The number of amides is 1. The van der Waals surface area contributed by atoms with Crippen LogP contribution < -0.4 is 14.8 Å². The minimum absolute atomic E-state index is 0.0355. The molecule has 10 nitrogen and oxygen atoms in total. The van der Waals surface area contributed by atoms with Crippen molar-refractivity contribution in [2.75, 3.05) is 33.1 Å². The van der Waals surface area contributed by atoms with E-state index in [-0.39, 0.29) is 22.0 Å². The van der Waals surface area contributed by atoms with Gasteiger partial charge in [0.25, 0.3) is 11.6 Å². The van der Waals surface area contributed by atoms with E-state index >= 15 is 0 Å². The fourth-order valence-electron chi connectivity index (χ4n) is 3.04. The summed E-state index contributed by atoms with van der Waals surface area (Å²) in [5.74, 6) is 0.364. The predicted octanol–water partition coefficient (Wildman–Crippen LogP) is 3.54. The molecule has 11 heteroatoms. The Balaban J connectivity index is 1.78. The van der Waals surface area contributed by atoms with Crippen LogP contribution in [-0.2, 0) is 14.8 Å². The van der Waals surface area contributed by atoms with Gasteiger partial charge in [0.2, 0.25) is 10.0 Å². The molecule has 178 valence electrons. The van der Waals surface area contributed by atoms with Crippen LogP contribution in [0.5, 0.6) is 11.5 Å². The van der Waals surface area contributed by atoms with Crippen LogP contribution in [0.3, 0.4) is 0 Å². The minimum atomic E-state index is -3.66. The molecule has 0 atom stereocenters. The number of hydrogen-bond donors (Lipinski definition) is 1. The van der Waals surface area contributed by atoms with Crippen molar-refractivity contribution in [2.45, 2.75) is 4.90 Å². The summed E-state index contributed by atoms with van der Waals surface area (Å²) >= 11 is 0. The van der Waals surface area contributed by atoms with Gasteiger partial charge in [0, 0.05) is 37.5 Å². The summed E-state index contributed by atoms with van der Waals surface area (Å²) in [5.41, 5.74) is 1.24. The molecule has 34 heavy (non-hydrogen) atoms. The molecule has 0 bridgehead atoms. The molecule has 0 saturated carbocycles. The SMILES string of the molecule is COc1ccc(-c2cc([N+](=O)[O-])ccc2OCC(=O)Nc2cccc(S(=O)(=O)N(C)C)c2)cc1. The highest BCUT2D eigenvalue weighted by atomic mass is 32.2. The van der Waals surface area contributed by atoms with Gasteiger partial charge in [0.05, 0.1) is 16.9 Å². The first-order valence-electron chi connectivity index (χ1n) is 10.00. The minimum Gasteiger partial charge on any atom is -0.497 e. The van der Waals surface area contributed by atoms with E-state index in [1.807, 2.05) is 0 Å². The van der Waals surface area contributed by atoms with Gasteiger partial charge < -0.3 is 14.8 Å². The predicted molar refractivity (Wildman–Crippen MR) is 127 cm³/mol. The van der Waals surface area contributed by atoms with Crippen molar-refractivity contribution >= 4 is 27.3 Å². The summed E-state index contributed by atoms with van der Waals surface area (Å²) in [6.07, 6.45) is 0. The van der Waals surface area contributed by atoms with E-state index in [0.717, 1.165) is 4.31 Å². The number of nitrogens with zero attached hydrogens (tertiary/aromatic N) is 2. The molecule has 1 amide bonds. The molecular formula is C23H23N3O7S. The normalized spacial score (nSPS) is 11.2. The molecule has 0 aliphatic heterocycles. The van der Waals surface area contributed by atoms with Crippen LogP contribution in [0.15, 0.2) is 71.6 Å². The quantitative estimate of drug-likeness (QED) is 0.363. The van der Waals surface area contributed by atoms with Gasteiger partial charge in [-0.05, 0) is 42.0 Å². The Bertz CT molecular complexity index is 1310. The van der Waals surface area contributed by atoms with E-state index in [1.54, 1.807) is 30.3 Å². The zero-order valence-electron chi connectivity index (χ0n) is 18.7. The van der Waals surface area contributed by atoms with E-state index in [2.05, 4.69) is 5.32 Å². The van der Waals surface area contributed by atoms with E-state index in [1.165, 1.54) is 57.6 Å². The van der Waals surface area contributed by atoms with Crippen molar-refractivity contribution in [3.05, 3.63) is 76.8 Å². The number of anilines is 1. The number of carbonyl (C=O) groups is 1. The lowest BCUT2D eigenvalue weighted by atomic mass is 10.0. The number of benzene rings is 3. The molecule has 0 radical (unpaired) electrons. The van der Waals surface area contributed by atoms with Gasteiger partial charge in [0.1, 0.15) is 11.5 Å². The van der Waals surface area contributed by atoms with Crippen molar-refractivity contribution in [1.82, 2.24) is 4.31 Å². The maximum absolute atomic E-state index is 12.5. The third-order valence-corrected chi connectivity index (χ3v) is 6.64. The van der Waals surface area contributed by atoms with Crippen LogP contribution in [0.2, 0.25) is 0 Å². The van der Waals surface area contributed by atoms with Gasteiger partial charge in [-0.15, -0.1) is 0 Å². The Morgan fingerprint density at radius 2 is 1.76 bits per heavy atom. The fraction of sp³-hybridized carbons (Fsp3) is 0.174. The van der Waals surface area contributed by atoms with Crippen molar-refractivity contribution in [2.24, 2.45) is 0 Å². The molecule has 0 fully saturated rings. The van der Waals surface area contributed by atoms with Crippen LogP contribution in [0.1, 0.15) is 0 Å². The summed E-state index contributed by atoms with van der Waals surface area (Å²) in [7, 11) is 0.704. The van der Waals surface area contributed by atoms with Crippen LogP contribution >= 0.6 is 0 Å². The topological polar surface area (TPSA) is 128 Å². The van der Waals surface area contributed by atoms with Crippen LogP contribution in [0.25, 0.3) is 11.1 Å². The first-order valence-corrected chi connectivity index (χ1v) is 11.4. The van der Waals surface area contributed by atoms with Gasteiger partial charge in [-0.25, -0.2) is 12.7 Å². The zero-order chi connectivity index (χ0) is 24.9. The van der Waals surface area contributed by atoms with Crippen molar-refractivity contribution in [3.63, 3.8) is 0 Å². The molecule has 0 aliphatic rings. The highest BCUT2D eigenvalue weighted by molar-refractivity contribution is 7.89. The number of sulfonamides is 1. The number of hydrogen-bond acceptors (Lipinski definition) is 7. The van der Waals surface area contributed by atoms with E-state index in [9.17, 15) is 23.3 Å². The number of ether oxygens (including phenoxy) is 2. The highest BCUT2D eigenvalue weighted by Crippen LogP contribution is 2.34. The van der Waals surface area contributed by atoms with Crippen molar-refractivity contribution in [1.29, 1.82) is 0 Å². The fourth-order valence-corrected chi connectivity index (χ4v) is 3.99. The molecule has 3 aromatic carbocycles. The molecule has 3 aromatic rings. The Morgan fingerprint density at radius 1 is 1.06 bits per heavy atom. The second-order valence-corrected chi connectivity index (χ2v) is 9.47. The van der Waals surface area contributed by atoms with E-state index in [4.69, 9.17) is 9.47 Å². The monoisotopic (exact) mass is 485 g/mol. The molecule has 0 saturated heterocycles. The molecular weight excluding hydrogens is 462 g/mol. The standard InChI is InChI=1S/C23H23N3O7S/c1-25(2)34(30,31)20-6-4-5-17(13-20)24-23(27)15-33-22-12-9-18(26(28)29)14-21(22)16-7-10-19(32-3)11-8-16/h4-14H,15H2,1-3H3,(H,24,27). The van der Waals surface area contributed by atoms with Crippen molar-refractivity contribution in [3.8, 4) is 22.6 Å². The summed E-state index contributed by atoms with van der Waals surface area (Å²) in [6.45, 7) is -0.397. The lowest BCUT2D eigenvalue weighted by Gasteiger charge is -2.14. The van der Waals surface area contributed by atoms with Gasteiger partial charge >= 0.3 is 0 Å².